The van der Waals surface area contributed by atoms with Crippen molar-refractivity contribution in [2.75, 3.05) is 33.4 Å². The highest BCUT2D eigenvalue weighted by Gasteiger charge is 2.58. The first-order chi connectivity index (χ1) is 42.0. The van der Waals surface area contributed by atoms with Crippen molar-refractivity contribution in [2.45, 2.75) is 131 Å². The Kier molecular flexibility index (Phi) is 20.6. The molecule has 0 unspecified atom stereocenters. The maximum Gasteiger partial charge on any atom is 0.303 e. The first kappa shape index (κ1) is 60.7. The van der Waals surface area contributed by atoms with Crippen LogP contribution < -0.4 is 0 Å². The summed E-state index contributed by atoms with van der Waals surface area (Å²) in [5.41, 5.74) is 5.03. The van der Waals surface area contributed by atoms with E-state index in [0.717, 1.165) is 68.6 Å². The Bertz CT molecular complexity index is 3270. The number of amides is 2. The van der Waals surface area contributed by atoms with Crippen molar-refractivity contribution in [1.29, 1.82) is 0 Å². The molecule has 10 atom stereocenters. The summed E-state index contributed by atoms with van der Waals surface area (Å²) in [5.74, 6) is -2.41. The number of ether oxygens (including phenoxy) is 9. The quantitative estimate of drug-likeness (QED) is 0.0305. The van der Waals surface area contributed by atoms with Crippen LogP contribution >= 0.6 is 11.8 Å². The van der Waals surface area contributed by atoms with Gasteiger partial charge in [-0.15, -0.1) is 0 Å². The minimum absolute atomic E-state index is 0.0140. The van der Waals surface area contributed by atoms with E-state index >= 15 is 0 Å². The number of hydrogen-bond donors (Lipinski definition) is 0. The molecule has 0 N–H and O–H groups in total. The molecule has 3 saturated heterocycles. The Morgan fingerprint density at radius 3 is 1.57 bits per heavy atom. The molecule has 7 aromatic carbocycles. The Hall–Kier alpha value is -6.93. The standard InChI is InChI=1S/C70H74FN2O12S/c1-48(74)82-64-61(72-67(75)57-31-16-17-32-58(57)68(72)76)70(86-56-35-33-55(71)34-36-56)84-60(47-77-41-49-21-8-3-9-22-49)63(64)85-69-66(81-45-52-27-14-6-15-28-52)65(80-44-51-25-12-5-13-26-51)62(79-43-50-23-10-4-11-24-50)59(83-69)46-78-42-54-30-20-29-53(39-54)40-73(2)37-18-7-19-38-73/h3-6,8-17,20-36,39,59-66,69-70H,7,18-19,37-38,40-47H2,1-2H3/q+1/t59-,60-,61-,62-,63-,64-,65+,66-,69-,70+/m1/s1. The number of fused-ring (bicyclic) bond motifs is 1. The molecule has 14 nitrogen and oxygen atoms in total. The molecular weight excluding hydrogens is 1110 g/mol. The van der Waals surface area contributed by atoms with Crippen LogP contribution in [0.4, 0.5) is 4.39 Å². The molecule has 86 heavy (non-hydrogen) atoms. The number of likely N-dealkylation sites (tertiary alicyclic amines) is 1. The molecule has 11 rings (SSSR count). The fourth-order valence-electron chi connectivity index (χ4n) is 12.0. The minimum atomic E-state index is -1.43. The summed E-state index contributed by atoms with van der Waals surface area (Å²) in [5, 5.41) is 0. The van der Waals surface area contributed by atoms with Crippen LogP contribution in [-0.4, -0.2) is 121 Å². The number of imide groups is 1. The number of esters is 1. The summed E-state index contributed by atoms with van der Waals surface area (Å²) in [7, 11) is 2.34. The first-order valence-corrected chi connectivity index (χ1v) is 30.5. The molecule has 0 radical (unpaired) electrons. The number of hydrogen-bond acceptors (Lipinski definition) is 13. The molecule has 0 aromatic heterocycles. The number of thioether (sulfide) groups is 1. The molecule has 16 heteroatoms. The van der Waals surface area contributed by atoms with Crippen molar-refractivity contribution < 1.29 is 65.9 Å². The second-order valence-electron chi connectivity index (χ2n) is 22.8. The third-order valence-electron chi connectivity index (χ3n) is 16.2. The van der Waals surface area contributed by atoms with Crippen molar-refractivity contribution in [3.05, 3.63) is 244 Å². The molecule has 2 amide bonds. The molecule has 7 aromatic rings. The van der Waals surface area contributed by atoms with Gasteiger partial charge in [0, 0.05) is 17.4 Å². The van der Waals surface area contributed by atoms with Crippen molar-refractivity contribution in [3.63, 3.8) is 0 Å². The number of benzene rings is 7. The molecule has 0 spiro atoms. The Balaban J connectivity index is 0.998. The van der Waals surface area contributed by atoms with E-state index in [-0.39, 0.29) is 57.4 Å². The third-order valence-corrected chi connectivity index (χ3v) is 17.4. The van der Waals surface area contributed by atoms with E-state index in [2.05, 4.69) is 31.3 Å². The van der Waals surface area contributed by atoms with E-state index in [1.54, 1.807) is 36.4 Å². The van der Waals surface area contributed by atoms with Crippen molar-refractivity contribution in [2.24, 2.45) is 0 Å². The highest BCUT2D eigenvalue weighted by molar-refractivity contribution is 7.99. The molecule has 3 fully saturated rings. The minimum Gasteiger partial charge on any atom is -0.457 e. The number of halogens is 1. The van der Waals surface area contributed by atoms with Gasteiger partial charge in [0.1, 0.15) is 60.5 Å². The number of piperidine rings is 1. The van der Waals surface area contributed by atoms with Gasteiger partial charge in [-0.1, -0.05) is 163 Å². The van der Waals surface area contributed by atoms with Gasteiger partial charge in [-0.3, -0.25) is 19.3 Å². The lowest BCUT2D eigenvalue weighted by Gasteiger charge is -2.51. The molecular formula is C70H74FN2O12S+. The van der Waals surface area contributed by atoms with Crippen LogP contribution in [-0.2, 0) is 87.0 Å². The second kappa shape index (κ2) is 29.2. The summed E-state index contributed by atoms with van der Waals surface area (Å²) in [6, 6.07) is 58.6. The van der Waals surface area contributed by atoms with Crippen LogP contribution in [0.2, 0.25) is 0 Å². The van der Waals surface area contributed by atoms with Crippen LogP contribution in [0.15, 0.2) is 199 Å². The zero-order valence-corrected chi connectivity index (χ0v) is 49.3. The average Bonchev–Trinajstić information content (AvgIpc) is 2.17. The van der Waals surface area contributed by atoms with Crippen molar-refractivity contribution in [1.82, 2.24) is 4.90 Å². The van der Waals surface area contributed by atoms with Crippen LogP contribution in [0, 0.1) is 5.82 Å². The predicted molar refractivity (Wildman–Crippen MR) is 321 cm³/mol. The maximum atomic E-state index is 14.9. The number of carbonyl (C=O) groups excluding carboxylic acids is 3. The summed E-state index contributed by atoms with van der Waals surface area (Å²) in [4.78, 5) is 45.2. The maximum absolute atomic E-state index is 14.9. The monoisotopic (exact) mass is 1190 g/mol. The Labute approximate surface area is 506 Å². The predicted octanol–water partition coefficient (Wildman–Crippen LogP) is 11.7. The number of rotatable bonds is 25. The van der Waals surface area contributed by atoms with Gasteiger partial charge in [0.05, 0.1) is 77.5 Å². The third kappa shape index (κ3) is 15.4. The normalized spacial score (nSPS) is 24.5. The van der Waals surface area contributed by atoms with Gasteiger partial charge >= 0.3 is 5.97 Å². The smallest absolute Gasteiger partial charge is 0.303 e. The zero-order valence-electron chi connectivity index (χ0n) is 48.5. The van der Waals surface area contributed by atoms with E-state index in [0.29, 0.717) is 4.90 Å². The fourth-order valence-corrected chi connectivity index (χ4v) is 13.2. The van der Waals surface area contributed by atoms with Crippen molar-refractivity contribution >= 4 is 29.5 Å². The summed E-state index contributed by atoms with van der Waals surface area (Å²) in [6.45, 7) is 5.22. The fraction of sp³-hybridized carbons (Fsp3) is 0.357. The topological polar surface area (TPSA) is 138 Å². The van der Waals surface area contributed by atoms with E-state index in [1.165, 1.54) is 43.9 Å². The van der Waals surface area contributed by atoms with E-state index < -0.39 is 84.1 Å². The second-order valence-corrected chi connectivity index (χ2v) is 23.9. The number of quaternary nitrogens is 1. The Morgan fingerprint density at radius 2 is 1.01 bits per heavy atom. The number of carbonyl (C=O) groups is 3. The molecule has 0 bridgehead atoms. The summed E-state index contributed by atoms with van der Waals surface area (Å²) >= 11 is 1.15. The molecule has 4 aliphatic rings. The molecule has 448 valence electrons. The van der Waals surface area contributed by atoms with Crippen LogP contribution in [0.1, 0.15) is 80.3 Å². The van der Waals surface area contributed by atoms with Crippen LogP contribution in [0.3, 0.4) is 0 Å². The zero-order chi connectivity index (χ0) is 59.2. The van der Waals surface area contributed by atoms with E-state index in [9.17, 15) is 18.8 Å². The highest BCUT2D eigenvalue weighted by Crippen LogP contribution is 2.43. The largest absolute Gasteiger partial charge is 0.457 e. The van der Waals surface area contributed by atoms with Gasteiger partial charge in [0.25, 0.3) is 11.8 Å². The molecule has 0 saturated carbocycles. The van der Waals surface area contributed by atoms with E-state index in [1.807, 2.05) is 121 Å². The van der Waals surface area contributed by atoms with Crippen LogP contribution in [0.25, 0.3) is 0 Å². The Morgan fingerprint density at radius 1 is 0.535 bits per heavy atom. The van der Waals surface area contributed by atoms with Crippen LogP contribution in [0.5, 0.6) is 0 Å². The average molecular weight is 1190 g/mol. The molecule has 4 aliphatic heterocycles. The van der Waals surface area contributed by atoms with Gasteiger partial charge in [-0.05, 0) is 89.5 Å². The van der Waals surface area contributed by atoms with Crippen molar-refractivity contribution in [3.8, 4) is 0 Å². The lowest BCUT2D eigenvalue weighted by Crippen LogP contribution is -2.68. The van der Waals surface area contributed by atoms with E-state index in [4.69, 9.17) is 42.6 Å². The van der Waals surface area contributed by atoms with Gasteiger partial charge in [-0.25, -0.2) is 4.39 Å². The summed E-state index contributed by atoms with van der Waals surface area (Å²) in [6.07, 6.45) is -5.25. The summed E-state index contributed by atoms with van der Waals surface area (Å²) < 4.78 is 78.5. The highest BCUT2D eigenvalue weighted by atomic mass is 32.2. The number of nitrogens with zero attached hydrogens (tertiary/aromatic N) is 2. The first-order valence-electron chi connectivity index (χ1n) is 29.6. The lowest BCUT2D eigenvalue weighted by atomic mass is 9.94. The van der Waals surface area contributed by atoms with Gasteiger partial charge < -0.3 is 47.1 Å². The molecule has 4 heterocycles. The lowest BCUT2D eigenvalue weighted by molar-refractivity contribution is -0.926. The van der Waals surface area contributed by atoms with Gasteiger partial charge in [0.15, 0.2) is 12.4 Å². The van der Waals surface area contributed by atoms with Gasteiger partial charge in [0.2, 0.25) is 0 Å². The SMILES string of the molecule is CC(=O)O[C@H]1[C@H](O[C@H]2O[C@H](COCc3cccc(C[N+]4(C)CCCCC4)c3)[C@@H](OCc3ccccc3)[C@H](OCc3ccccc3)[C@H]2OCc2ccccc2)[C@@H](COCc2ccccc2)O[C@@H](Sc2ccc(F)cc2)[C@@H]1N1C(=O)c2ccccc2C1=O. The molecule has 0 aliphatic carbocycles. The van der Waals surface area contributed by atoms with Gasteiger partial charge in [-0.2, -0.15) is 0 Å².